The first-order valence-electron chi connectivity index (χ1n) is 6.22. The summed E-state index contributed by atoms with van der Waals surface area (Å²) in [6.45, 7) is 2.71. The van der Waals surface area contributed by atoms with Crippen molar-refractivity contribution in [2.45, 2.75) is 6.54 Å². The molecule has 2 rings (SSSR count). The molecule has 0 aliphatic carbocycles. The van der Waals surface area contributed by atoms with Crippen molar-refractivity contribution in [1.82, 2.24) is 18.9 Å². The van der Waals surface area contributed by atoms with E-state index in [0.29, 0.717) is 13.1 Å². The lowest BCUT2D eigenvalue weighted by Crippen LogP contribution is -2.50. The van der Waals surface area contributed by atoms with Gasteiger partial charge in [0.2, 0.25) is 5.91 Å². The molecule has 1 aliphatic rings. The molecule has 0 bridgehead atoms. The van der Waals surface area contributed by atoms with Crippen molar-refractivity contribution in [2.75, 3.05) is 33.2 Å². The molecule has 1 saturated heterocycles. The van der Waals surface area contributed by atoms with Crippen molar-refractivity contribution in [3.63, 3.8) is 0 Å². The molecule has 1 aromatic heterocycles. The summed E-state index contributed by atoms with van der Waals surface area (Å²) in [5.41, 5.74) is -0.902. The van der Waals surface area contributed by atoms with Gasteiger partial charge in [0.05, 0.1) is 0 Å². The second kappa shape index (κ2) is 5.40. The average molecular weight is 266 g/mol. The Hall–Kier alpha value is -1.89. The lowest BCUT2D eigenvalue weighted by Gasteiger charge is -2.32. The van der Waals surface area contributed by atoms with Crippen molar-refractivity contribution >= 4 is 5.91 Å². The molecule has 19 heavy (non-hydrogen) atoms. The number of hydrogen-bond donors (Lipinski definition) is 0. The van der Waals surface area contributed by atoms with Gasteiger partial charge in [0.25, 0.3) is 5.56 Å². The van der Waals surface area contributed by atoms with Crippen LogP contribution in [0.4, 0.5) is 0 Å². The molecular formula is C12H18N4O3. The van der Waals surface area contributed by atoms with Crippen LogP contribution in [-0.2, 0) is 18.4 Å². The highest BCUT2D eigenvalue weighted by atomic mass is 16.2. The Labute approximate surface area is 110 Å². The topological polar surface area (TPSA) is 67.5 Å². The second-order valence-corrected chi connectivity index (χ2v) is 4.82. The van der Waals surface area contributed by atoms with E-state index in [0.717, 1.165) is 17.7 Å². The summed E-state index contributed by atoms with van der Waals surface area (Å²) in [5, 5.41) is 0. The third kappa shape index (κ3) is 2.93. The summed E-state index contributed by atoms with van der Waals surface area (Å²) in [6.07, 6.45) is 1.40. The summed E-state index contributed by atoms with van der Waals surface area (Å²) in [6, 6.07) is 1.29. The number of amides is 1. The third-order valence-corrected chi connectivity index (χ3v) is 3.39. The molecule has 1 fully saturated rings. The van der Waals surface area contributed by atoms with Crippen LogP contribution in [-0.4, -0.2) is 58.1 Å². The Morgan fingerprint density at radius 2 is 1.79 bits per heavy atom. The van der Waals surface area contributed by atoms with Gasteiger partial charge < -0.3 is 14.4 Å². The van der Waals surface area contributed by atoms with E-state index in [1.807, 2.05) is 7.05 Å². The Morgan fingerprint density at radius 3 is 2.42 bits per heavy atom. The van der Waals surface area contributed by atoms with Gasteiger partial charge in [-0.05, 0) is 7.05 Å². The number of aryl methyl sites for hydroxylation is 1. The van der Waals surface area contributed by atoms with Crippen LogP contribution in [0.1, 0.15) is 0 Å². The van der Waals surface area contributed by atoms with E-state index < -0.39 is 11.2 Å². The molecule has 7 nitrogen and oxygen atoms in total. The summed E-state index contributed by atoms with van der Waals surface area (Å²) >= 11 is 0. The van der Waals surface area contributed by atoms with Crippen molar-refractivity contribution < 1.29 is 4.79 Å². The van der Waals surface area contributed by atoms with Crippen LogP contribution in [0, 0.1) is 0 Å². The molecule has 104 valence electrons. The van der Waals surface area contributed by atoms with Crippen LogP contribution in [0.25, 0.3) is 0 Å². The summed E-state index contributed by atoms with van der Waals surface area (Å²) in [7, 11) is 3.55. The lowest BCUT2D eigenvalue weighted by molar-refractivity contribution is -0.133. The number of rotatable bonds is 2. The molecule has 0 aromatic carbocycles. The molecular weight excluding hydrogens is 248 g/mol. The Bertz CT molecular complexity index is 581. The smallest absolute Gasteiger partial charge is 0.331 e. The summed E-state index contributed by atoms with van der Waals surface area (Å²) in [4.78, 5) is 39.4. The Balaban J connectivity index is 2.14. The molecule has 1 aromatic rings. The van der Waals surface area contributed by atoms with E-state index in [2.05, 4.69) is 4.90 Å². The number of aromatic nitrogens is 2. The zero-order valence-corrected chi connectivity index (χ0v) is 11.2. The predicted octanol–water partition coefficient (Wildman–Crippen LogP) is -1.68. The van der Waals surface area contributed by atoms with Gasteiger partial charge in [0.1, 0.15) is 6.54 Å². The fourth-order valence-electron chi connectivity index (χ4n) is 2.05. The maximum Gasteiger partial charge on any atom is 0.331 e. The maximum absolute atomic E-state index is 12.1. The zero-order chi connectivity index (χ0) is 14.0. The SMILES string of the molecule is CN1CCN(C(=O)Cn2c(=O)ccn(C)c2=O)CC1. The monoisotopic (exact) mass is 266 g/mol. The number of nitrogens with zero attached hydrogens (tertiary/aromatic N) is 4. The third-order valence-electron chi connectivity index (χ3n) is 3.39. The average Bonchev–Trinajstić information content (AvgIpc) is 2.40. The van der Waals surface area contributed by atoms with Gasteiger partial charge >= 0.3 is 5.69 Å². The minimum absolute atomic E-state index is 0.182. The highest BCUT2D eigenvalue weighted by Crippen LogP contribution is 2.00. The van der Waals surface area contributed by atoms with Crippen LogP contribution in [0.5, 0.6) is 0 Å². The Kier molecular flexibility index (Phi) is 3.84. The van der Waals surface area contributed by atoms with Crippen LogP contribution in [0.2, 0.25) is 0 Å². The highest BCUT2D eigenvalue weighted by molar-refractivity contribution is 5.76. The van der Waals surface area contributed by atoms with E-state index in [1.54, 1.807) is 11.9 Å². The number of carbonyl (C=O) groups excluding carboxylic acids is 1. The first kappa shape index (κ1) is 13.5. The van der Waals surface area contributed by atoms with Gasteiger partial charge in [-0.2, -0.15) is 0 Å². The summed E-state index contributed by atoms with van der Waals surface area (Å²) < 4.78 is 2.26. The maximum atomic E-state index is 12.1. The first-order chi connectivity index (χ1) is 8.99. The van der Waals surface area contributed by atoms with Gasteiger partial charge in [0.15, 0.2) is 0 Å². The van der Waals surface area contributed by atoms with E-state index in [1.165, 1.54) is 16.8 Å². The molecule has 0 radical (unpaired) electrons. The van der Waals surface area contributed by atoms with E-state index in [-0.39, 0.29) is 12.5 Å². The molecule has 0 atom stereocenters. The van der Waals surface area contributed by atoms with Gasteiger partial charge in [-0.1, -0.05) is 0 Å². The molecule has 0 unspecified atom stereocenters. The van der Waals surface area contributed by atoms with E-state index in [9.17, 15) is 14.4 Å². The fraction of sp³-hybridized carbons (Fsp3) is 0.583. The van der Waals surface area contributed by atoms with Crippen molar-refractivity contribution in [1.29, 1.82) is 0 Å². The molecule has 0 saturated carbocycles. The van der Waals surface area contributed by atoms with Gasteiger partial charge in [0, 0.05) is 45.5 Å². The molecule has 0 spiro atoms. The van der Waals surface area contributed by atoms with E-state index >= 15 is 0 Å². The van der Waals surface area contributed by atoms with Gasteiger partial charge in [-0.3, -0.25) is 14.2 Å². The second-order valence-electron chi connectivity index (χ2n) is 4.82. The number of likely N-dealkylation sites (N-methyl/N-ethyl adjacent to an activating group) is 1. The molecule has 1 amide bonds. The Morgan fingerprint density at radius 1 is 1.16 bits per heavy atom. The van der Waals surface area contributed by atoms with Gasteiger partial charge in [-0.15, -0.1) is 0 Å². The van der Waals surface area contributed by atoms with Crippen LogP contribution < -0.4 is 11.2 Å². The minimum atomic E-state index is -0.463. The number of piperazine rings is 1. The molecule has 7 heteroatoms. The molecule has 0 N–H and O–H groups in total. The van der Waals surface area contributed by atoms with Crippen molar-refractivity contribution in [2.24, 2.45) is 7.05 Å². The lowest BCUT2D eigenvalue weighted by atomic mass is 10.3. The van der Waals surface area contributed by atoms with Gasteiger partial charge in [-0.25, -0.2) is 4.79 Å². The van der Waals surface area contributed by atoms with Crippen LogP contribution in [0.3, 0.4) is 0 Å². The number of carbonyl (C=O) groups is 1. The zero-order valence-electron chi connectivity index (χ0n) is 11.2. The standard InChI is InChI=1S/C12H18N4O3/c1-13-5-7-15(8-6-13)11(18)9-16-10(17)3-4-14(2)12(16)19/h3-4H,5-9H2,1-2H3. The van der Waals surface area contributed by atoms with Crippen molar-refractivity contribution in [3.8, 4) is 0 Å². The largest absolute Gasteiger partial charge is 0.339 e. The predicted molar refractivity (Wildman–Crippen MR) is 70.0 cm³/mol. The number of hydrogen-bond acceptors (Lipinski definition) is 4. The summed E-state index contributed by atoms with van der Waals surface area (Å²) in [5.74, 6) is -0.182. The molecule has 1 aliphatic heterocycles. The molecule has 2 heterocycles. The van der Waals surface area contributed by atoms with Crippen LogP contribution in [0.15, 0.2) is 21.9 Å². The van der Waals surface area contributed by atoms with Crippen LogP contribution >= 0.6 is 0 Å². The highest BCUT2D eigenvalue weighted by Gasteiger charge is 2.20. The fourth-order valence-corrected chi connectivity index (χ4v) is 2.05. The minimum Gasteiger partial charge on any atom is -0.339 e. The van der Waals surface area contributed by atoms with E-state index in [4.69, 9.17) is 0 Å². The van der Waals surface area contributed by atoms with Crippen molar-refractivity contribution in [3.05, 3.63) is 33.1 Å². The normalized spacial score (nSPS) is 16.6. The quantitative estimate of drug-likeness (QED) is 0.641. The first-order valence-corrected chi connectivity index (χ1v) is 6.22.